The number of likely N-dealkylation sites (tertiary alicyclic amines) is 1. The second kappa shape index (κ2) is 10.0. The van der Waals surface area contributed by atoms with Crippen LogP contribution in [0.1, 0.15) is 35.2 Å². The maximum absolute atomic E-state index is 14.0. The predicted molar refractivity (Wildman–Crippen MR) is 120 cm³/mol. The number of rotatable bonds is 6. The average Bonchev–Trinajstić information content (AvgIpc) is 2.83. The van der Waals surface area contributed by atoms with Gasteiger partial charge in [-0.1, -0.05) is 6.07 Å². The summed E-state index contributed by atoms with van der Waals surface area (Å²) in [5.41, 5.74) is 3.32. The Kier molecular flexibility index (Phi) is 6.92. The number of nitrogens with one attached hydrogen (secondary N) is 1. The molecule has 2 aromatic rings. The molecule has 31 heavy (non-hydrogen) atoms. The van der Waals surface area contributed by atoms with Crippen LogP contribution in [0.2, 0.25) is 0 Å². The molecule has 0 aliphatic carbocycles. The van der Waals surface area contributed by atoms with E-state index in [1.165, 1.54) is 19.6 Å². The Morgan fingerprint density at radius 3 is 2.55 bits per heavy atom. The van der Waals surface area contributed by atoms with E-state index < -0.39 is 0 Å². The molecule has 4 rings (SSSR count). The third-order valence-corrected chi connectivity index (χ3v) is 5.93. The fourth-order valence-corrected chi connectivity index (χ4v) is 4.19. The van der Waals surface area contributed by atoms with E-state index in [9.17, 15) is 9.18 Å². The second-order valence-corrected chi connectivity index (χ2v) is 8.01. The fourth-order valence-electron chi connectivity index (χ4n) is 4.19. The van der Waals surface area contributed by atoms with Gasteiger partial charge in [0.1, 0.15) is 0 Å². The van der Waals surface area contributed by atoms with Crippen LogP contribution in [-0.2, 0) is 11.3 Å². The zero-order valence-electron chi connectivity index (χ0n) is 18.0. The Labute approximate surface area is 182 Å². The van der Waals surface area contributed by atoms with Crippen LogP contribution in [0, 0.1) is 5.82 Å². The lowest BCUT2D eigenvalue weighted by atomic mass is 10.1. The third-order valence-electron chi connectivity index (χ3n) is 5.93. The quantitative estimate of drug-likeness (QED) is 0.758. The van der Waals surface area contributed by atoms with Crippen molar-refractivity contribution in [2.75, 3.05) is 56.7 Å². The number of halogens is 1. The number of piperidine rings is 1. The number of morpholine rings is 1. The van der Waals surface area contributed by atoms with E-state index in [0.717, 1.165) is 61.5 Å². The molecule has 2 heterocycles. The number of methoxy groups -OCH3 is 1. The Morgan fingerprint density at radius 2 is 1.84 bits per heavy atom. The molecule has 2 aliphatic rings. The van der Waals surface area contributed by atoms with E-state index >= 15 is 0 Å². The summed E-state index contributed by atoms with van der Waals surface area (Å²) in [4.78, 5) is 17.6. The third kappa shape index (κ3) is 5.10. The molecule has 1 amide bonds. The van der Waals surface area contributed by atoms with Crippen molar-refractivity contribution in [3.8, 4) is 5.75 Å². The lowest BCUT2D eigenvalue weighted by Crippen LogP contribution is -2.40. The van der Waals surface area contributed by atoms with Gasteiger partial charge in [-0.15, -0.1) is 0 Å². The number of hydrogen-bond donors (Lipinski definition) is 1. The summed E-state index contributed by atoms with van der Waals surface area (Å²) >= 11 is 0. The summed E-state index contributed by atoms with van der Waals surface area (Å²) in [6, 6.07) is 10.8. The van der Waals surface area contributed by atoms with Crippen molar-refractivity contribution in [2.45, 2.75) is 25.8 Å². The number of amides is 1. The molecule has 6 nitrogen and oxygen atoms in total. The van der Waals surface area contributed by atoms with Crippen LogP contribution in [0.15, 0.2) is 36.4 Å². The van der Waals surface area contributed by atoms with Crippen LogP contribution in [0.4, 0.5) is 15.8 Å². The molecular formula is C24H30FN3O3. The Bertz CT molecular complexity index is 909. The molecule has 0 unspecified atom stereocenters. The molecule has 2 aliphatic heterocycles. The summed E-state index contributed by atoms with van der Waals surface area (Å²) in [5.74, 6) is -0.0706. The normalized spacial score (nSPS) is 16.8. The smallest absolute Gasteiger partial charge is 0.256 e. The van der Waals surface area contributed by atoms with Crippen LogP contribution in [0.5, 0.6) is 5.75 Å². The summed E-state index contributed by atoms with van der Waals surface area (Å²) in [5, 5.41) is 3.33. The highest BCUT2D eigenvalue weighted by atomic mass is 19.1. The van der Waals surface area contributed by atoms with Gasteiger partial charge < -0.3 is 24.6 Å². The van der Waals surface area contributed by atoms with Gasteiger partial charge in [0.25, 0.3) is 5.91 Å². The fraction of sp³-hybridized carbons (Fsp3) is 0.458. The first kappa shape index (κ1) is 21.4. The van der Waals surface area contributed by atoms with Crippen molar-refractivity contribution < 1.29 is 18.7 Å². The molecule has 2 aromatic carbocycles. The Morgan fingerprint density at radius 1 is 1.06 bits per heavy atom. The van der Waals surface area contributed by atoms with E-state index in [-0.39, 0.29) is 17.5 Å². The molecule has 2 fully saturated rings. The van der Waals surface area contributed by atoms with Crippen molar-refractivity contribution >= 4 is 17.3 Å². The number of ether oxygens (including phenoxy) is 2. The molecule has 166 valence electrons. The summed E-state index contributed by atoms with van der Waals surface area (Å²) in [6.07, 6.45) is 3.29. The first-order valence-electron chi connectivity index (χ1n) is 11.0. The van der Waals surface area contributed by atoms with Crippen molar-refractivity contribution in [1.29, 1.82) is 0 Å². The molecule has 1 N–H and O–H groups in total. The number of anilines is 2. The minimum atomic E-state index is -0.384. The van der Waals surface area contributed by atoms with E-state index in [1.54, 1.807) is 6.07 Å². The molecule has 2 saturated heterocycles. The largest absolute Gasteiger partial charge is 0.494 e. The number of nitrogens with zero attached hydrogens (tertiary/aromatic N) is 2. The molecule has 0 radical (unpaired) electrons. The summed E-state index contributed by atoms with van der Waals surface area (Å²) in [7, 11) is 1.45. The van der Waals surface area contributed by atoms with Gasteiger partial charge in [0, 0.05) is 44.1 Å². The minimum Gasteiger partial charge on any atom is -0.494 e. The van der Waals surface area contributed by atoms with Crippen molar-refractivity contribution in [3.63, 3.8) is 0 Å². The van der Waals surface area contributed by atoms with E-state index in [0.29, 0.717) is 19.8 Å². The van der Waals surface area contributed by atoms with Crippen molar-refractivity contribution in [1.82, 2.24) is 4.90 Å². The monoisotopic (exact) mass is 427 g/mol. The molecule has 0 aromatic heterocycles. The standard InChI is InChI=1S/C24H30FN3O3/c1-30-23-8-5-18(15-21(23)25)17-26-19-6-7-22(27-11-13-31-14-12-27)20(16-19)24(29)28-9-3-2-4-10-28/h5-8,15-16,26H,2-4,9-14,17H2,1H3. The van der Waals surface area contributed by atoms with Gasteiger partial charge >= 0.3 is 0 Å². The molecule has 0 atom stereocenters. The maximum Gasteiger partial charge on any atom is 0.256 e. The second-order valence-electron chi connectivity index (χ2n) is 8.01. The van der Waals surface area contributed by atoms with E-state index in [4.69, 9.17) is 9.47 Å². The predicted octanol–water partition coefficient (Wildman–Crippen LogP) is 3.91. The number of benzene rings is 2. The highest BCUT2D eigenvalue weighted by Crippen LogP contribution is 2.28. The SMILES string of the molecule is COc1ccc(CNc2ccc(N3CCOCC3)c(C(=O)N3CCCCC3)c2)cc1F. The van der Waals surface area contributed by atoms with Gasteiger partial charge in [0.2, 0.25) is 0 Å². The molecule has 7 heteroatoms. The van der Waals surface area contributed by atoms with Gasteiger partial charge in [-0.25, -0.2) is 4.39 Å². The average molecular weight is 428 g/mol. The molecule has 0 bridgehead atoms. The maximum atomic E-state index is 14.0. The zero-order valence-corrected chi connectivity index (χ0v) is 18.0. The molecular weight excluding hydrogens is 397 g/mol. The first-order chi connectivity index (χ1) is 15.2. The van der Waals surface area contributed by atoms with Gasteiger partial charge in [0.15, 0.2) is 11.6 Å². The van der Waals surface area contributed by atoms with Gasteiger partial charge in [-0.05, 0) is 55.2 Å². The van der Waals surface area contributed by atoms with Crippen molar-refractivity contribution in [3.05, 3.63) is 53.3 Å². The number of carbonyl (C=O) groups is 1. The Balaban J connectivity index is 1.55. The van der Waals surface area contributed by atoms with Gasteiger partial charge in [-0.2, -0.15) is 0 Å². The highest BCUT2D eigenvalue weighted by molar-refractivity contribution is 6.01. The highest BCUT2D eigenvalue weighted by Gasteiger charge is 2.24. The lowest BCUT2D eigenvalue weighted by Gasteiger charge is -2.33. The summed E-state index contributed by atoms with van der Waals surface area (Å²) < 4.78 is 24.5. The lowest BCUT2D eigenvalue weighted by molar-refractivity contribution is 0.0724. The summed E-state index contributed by atoms with van der Waals surface area (Å²) in [6.45, 7) is 4.96. The topological polar surface area (TPSA) is 54.0 Å². The molecule has 0 saturated carbocycles. The van der Waals surface area contributed by atoms with Crippen LogP contribution < -0.4 is 15.0 Å². The zero-order chi connectivity index (χ0) is 21.6. The van der Waals surface area contributed by atoms with Crippen LogP contribution >= 0.6 is 0 Å². The van der Waals surface area contributed by atoms with Crippen LogP contribution in [-0.4, -0.2) is 57.3 Å². The molecule has 0 spiro atoms. The van der Waals surface area contributed by atoms with Gasteiger partial charge in [-0.3, -0.25) is 4.79 Å². The van der Waals surface area contributed by atoms with Crippen LogP contribution in [0.25, 0.3) is 0 Å². The Hall–Kier alpha value is -2.80. The van der Waals surface area contributed by atoms with Crippen LogP contribution in [0.3, 0.4) is 0 Å². The van der Waals surface area contributed by atoms with E-state index in [1.807, 2.05) is 29.2 Å². The van der Waals surface area contributed by atoms with Gasteiger partial charge in [0.05, 0.1) is 25.9 Å². The minimum absolute atomic E-state index is 0.0836. The first-order valence-corrected chi connectivity index (χ1v) is 11.0. The van der Waals surface area contributed by atoms with E-state index in [2.05, 4.69) is 10.2 Å². The number of hydrogen-bond acceptors (Lipinski definition) is 5. The number of carbonyl (C=O) groups excluding carboxylic acids is 1. The van der Waals surface area contributed by atoms with Crippen molar-refractivity contribution in [2.24, 2.45) is 0 Å².